The van der Waals surface area contributed by atoms with E-state index in [1.54, 1.807) is 0 Å². The molecule has 1 aromatic heterocycles. The molecule has 0 saturated carbocycles. The molecule has 0 atom stereocenters. The van der Waals surface area contributed by atoms with Crippen molar-refractivity contribution in [3.63, 3.8) is 0 Å². The number of rotatable bonds is 7. The van der Waals surface area contributed by atoms with Gasteiger partial charge in [0.15, 0.2) is 5.13 Å². The molecular formula is C13H25N3S. The van der Waals surface area contributed by atoms with Crippen molar-refractivity contribution in [2.24, 2.45) is 0 Å². The quantitative estimate of drug-likeness (QED) is 0.811. The maximum Gasteiger partial charge on any atom is 0.186 e. The van der Waals surface area contributed by atoms with Gasteiger partial charge in [0.1, 0.15) is 0 Å². The molecule has 0 amide bonds. The van der Waals surface area contributed by atoms with Crippen molar-refractivity contribution in [2.75, 3.05) is 18.0 Å². The molecule has 0 radical (unpaired) electrons. The molecule has 0 aromatic carbocycles. The topological polar surface area (TPSA) is 28.2 Å². The molecular weight excluding hydrogens is 230 g/mol. The highest BCUT2D eigenvalue weighted by atomic mass is 32.1. The predicted octanol–water partition coefficient (Wildman–Crippen LogP) is 3.19. The Balaban J connectivity index is 2.82. The molecule has 0 spiro atoms. The van der Waals surface area contributed by atoms with Crippen LogP contribution in [0, 0.1) is 6.92 Å². The molecule has 0 bridgehead atoms. The van der Waals surface area contributed by atoms with Crippen molar-refractivity contribution < 1.29 is 0 Å². The van der Waals surface area contributed by atoms with Gasteiger partial charge in [0, 0.05) is 24.0 Å². The third-order valence-electron chi connectivity index (χ3n) is 2.75. The molecule has 1 N–H and O–H groups in total. The predicted molar refractivity (Wildman–Crippen MR) is 77.0 cm³/mol. The number of aryl methyl sites for hydroxylation is 1. The van der Waals surface area contributed by atoms with Gasteiger partial charge in [-0.25, -0.2) is 4.98 Å². The second kappa shape index (κ2) is 6.97. The van der Waals surface area contributed by atoms with Crippen molar-refractivity contribution in [3.05, 3.63) is 10.6 Å². The molecule has 1 rings (SSSR count). The summed E-state index contributed by atoms with van der Waals surface area (Å²) in [6.45, 7) is 14.0. The van der Waals surface area contributed by atoms with Crippen LogP contribution < -0.4 is 10.2 Å². The van der Waals surface area contributed by atoms with Gasteiger partial charge in [-0.15, -0.1) is 11.3 Å². The summed E-state index contributed by atoms with van der Waals surface area (Å²) < 4.78 is 0. The van der Waals surface area contributed by atoms with E-state index in [0.29, 0.717) is 6.04 Å². The van der Waals surface area contributed by atoms with Crippen LogP contribution in [-0.2, 0) is 6.54 Å². The number of nitrogens with one attached hydrogen (secondary N) is 1. The van der Waals surface area contributed by atoms with Crippen molar-refractivity contribution in [2.45, 2.75) is 53.6 Å². The van der Waals surface area contributed by atoms with Crippen molar-refractivity contribution in [1.29, 1.82) is 0 Å². The van der Waals surface area contributed by atoms with Crippen molar-refractivity contribution in [1.82, 2.24) is 10.3 Å². The van der Waals surface area contributed by atoms with Gasteiger partial charge in [-0.1, -0.05) is 13.8 Å². The Morgan fingerprint density at radius 3 is 2.59 bits per heavy atom. The number of hydrogen-bond donors (Lipinski definition) is 1. The fourth-order valence-corrected chi connectivity index (χ4v) is 2.94. The minimum atomic E-state index is 0.521. The first kappa shape index (κ1) is 14.5. The van der Waals surface area contributed by atoms with E-state index in [2.05, 4.69) is 44.8 Å². The summed E-state index contributed by atoms with van der Waals surface area (Å²) in [6.07, 6.45) is 1.17. The van der Waals surface area contributed by atoms with E-state index >= 15 is 0 Å². The third kappa shape index (κ3) is 3.96. The van der Waals surface area contributed by atoms with Crippen LogP contribution in [0.5, 0.6) is 0 Å². The lowest BCUT2D eigenvalue weighted by molar-refractivity contribution is 0.668. The Morgan fingerprint density at radius 1 is 1.35 bits per heavy atom. The highest BCUT2D eigenvalue weighted by molar-refractivity contribution is 7.15. The lowest BCUT2D eigenvalue weighted by Crippen LogP contribution is -2.31. The normalized spacial score (nSPS) is 11.2. The average Bonchev–Trinajstić information content (AvgIpc) is 2.64. The molecule has 1 heterocycles. The van der Waals surface area contributed by atoms with Crippen LogP contribution in [0.2, 0.25) is 0 Å². The number of hydrogen-bond acceptors (Lipinski definition) is 4. The van der Waals surface area contributed by atoms with Crippen LogP contribution in [0.4, 0.5) is 5.13 Å². The van der Waals surface area contributed by atoms with Crippen molar-refractivity contribution >= 4 is 16.5 Å². The van der Waals surface area contributed by atoms with Crippen LogP contribution in [0.25, 0.3) is 0 Å². The average molecular weight is 255 g/mol. The molecule has 0 unspecified atom stereocenters. The Labute approximate surface area is 109 Å². The third-order valence-corrected chi connectivity index (χ3v) is 3.95. The van der Waals surface area contributed by atoms with Gasteiger partial charge < -0.3 is 10.2 Å². The summed E-state index contributed by atoms with van der Waals surface area (Å²) in [5.74, 6) is 0. The molecule has 0 fully saturated rings. The second-order valence-corrected chi connectivity index (χ2v) is 5.63. The summed E-state index contributed by atoms with van der Waals surface area (Å²) >= 11 is 1.83. The van der Waals surface area contributed by atoms with Crippen LogP contribution >= 0.6 is 11.3 Å². The van der Waals surface area contributed by atoms with Gasteiger partial charge in [-0.05, 0) is 33.7 Å². The van der Waals surface area contributed by atoms with E-state index in [-0.39, 0.29) is 0 Å². The van der Waals surface area contributed by atoms with E-state index in [0.717, 1.165) is 19.6 Å². The molecule has 17 heavy (non-hydrogen) atoms. The first-order chi connectivity index (χ1) is 8.10. The first-order valence-corrected chi connectivity index (χ1v) is 7.35. The standard InChI is InChI=1S/C13H25N3S/c1-6-8-16(10(3)4)13-15-11(5)12(17-13)9-14-7-2/h10,14H,6-9H2,1-5H3. The molecule has 0 aliphatic heterocycles. The Kier molecular flexibility index (Phi) is 5.92. The first-order valence-electron chi connectivity index (χ1n) is 6.53. The molecule has 0 aliphatic rings. The largest absolute Gasteiger partial charge is 0.346 e. The number of thiazole rings is 1. The zero-order chi connectivity index (χ0) is 12.8. The zero-order valence-corrected chi connectivity index (χ0v) is 12.5. The lowest BCUT2D eigenvalue weighted by Gasteiger charge is -2.25. The van der Waals surface area contributed by atoms with Crippen LogP contribution in [0.3, 0.4) is 0 Å². The van der Waals surface area contributed by atoms with Gasteiger partial charge in [-0.2, -0.15) is 0 Å². The molecule has 0 saturated heterocycles. The number of anilines is 1. The van der Waals surface area contributed by atoms with E-state index < -0.39 is 0 Å². The highest BCUT2D eigenvalue weighted by Gasteiger charge is 2.15. The molecule has 3 nitrogen and oxygen atoms in total. The van der Waals surface area contributed by atoms with E-state index in [1.165, 1.54) is 22.1 Å². The van der Waals surface area contributed by atoms with E-state index in [4.69, 9.17) is 4.98 Å². The molecule has 4 heteroatoms. The summed E-state index contributed by atoms with van der Waals surface area (Å²) in [4.78, 5) is 8.47. The summed E-state index contributed by atoms with van der Waals surface area (Å²) in [5.41, 5.74) is 1.17. The number of aromatic nitrogens is 1. The summed E-state index contributed by atoms with van der Waals surface area (Å²) in [7, 11) is 0. The summed E-state index contributed by atoms with van der Waals surface area (Å²) in [6, 6.07) is 0.521. The maximum absolute atomic E-state index is 4.71. The van der Waals surface area contributed by atoms with Crippen LogP contribution in [0.15, 0.2) is 0 Å². The van der Waals surface area contributed by atoms with E-state index in [1.807, 2.05) is 11.3 Å². The number of nitrogens with zero attached hydrogens (tertiary/aromatic N) is 2. The second-order valence-electron chi connectivity index (χ2n) is 4.57. The minimum absolute atomic E-state index is 0.521. The fraction of sp³-hybridized carbons (Fsp3) is 0.769. The fourth-order valence-electron chi connectivity index (χ4n) is 1.75. The smallest absolute Gasteiger partial charge is 0.186 e. The molecule has 1 aromatic rings. The lowest BCUT2D eigenvalue weighted by atomic mass is 10.3. The molecule has 98 valence electrons. The Morgan fingerprint density at radius 2 is 2.06 bits per heavy atom. The Hall–Kier alpha value is -0.610. The van der Waals surface area contributed by atoms with Gasteiger partial charge in [0.2, 0.25) is 0 Å². The maximum atomic E-state index is 4.71. The van der Waals surface area contributed by atoms with Gasteiger partial charge in [-0.3, -0.25) is 0 Å². The van der Waals surface area contributed by atoms with Crippen LogP contribution in [0.1, 0.15) is 44.7 Å². The van der Waals surface area contributed by atoms with Crippen molar-refractivity contribution in [3.8, 4) is 0 Å². The molecule has 0 aliphatic carbocycles. The Bertz CT molecular complexity index is 333. The van der Waals surface area contributed by atoms with Crippen LogP contribution in [-0.4, -0.2) is 24.1 Å². The summed E-state index contributed by atoms with van der Waals surface area (Å²) in [5, 5.41) is 4.54. The van der Waals surface area contributed by atoms with Gasteiger partial charge in [0.25, 0.3) is 0 Å². The minimum Gasteiger partial charge on any atom is -0.346 e. The van der Waals surface area contributed by atoms with E-state index in [9.17, 15) is 0 Å². The zero-order valence-electron chi connectivity index (χ0n) is 11.7. The SMILES string of the molecule is CCCN(c1nc(C)c(CNCC)s1)C(C)C. The van der Waals surface area contributed by atoms with Gasteiger partial charge >= 0.3 is 0 Å². The van der Waals surface area contributed by atoms with Gasteiger partial charge in [0.05, 0.1) is 5.69 Å². The monoisotopic (exact) mass is 255 g/mol. The highest BCUT2D eigenvalue weighted by Crippen LogP contribution is 2.27.